The lowest BCUT2D eigenvalue weighted by Crippen LogP contribution is -2.51. The number of ketones is 1. The average Bonchev–Trinajstić information content (AvgIpc) is 2.80. The first kappa shape index (κ1) is 12.5. The number of carbonyl (C=O) groups is 2. The lowest BCUT2D eigenvalue weighted by Gasteiger charge is -2.41. The molecule has 0 aromatic heterocycles. The highest BCUT2D eigenvalue weighted by atomic mass is 16.7. The normalized spacial score (nSPS) is 31.8. The summed E-state index contributed by atoms with van der Waals surface area (Å²) < 4.78 is 16.0. The molecule has 1 saturated carbocycles. The smallest absolute Gasteiger partial charge is 0.319 e. The van der Waals surface area contributed by atoms with Gasteiger partial charge in [0.25, 0.3) is 0 Å². The summed E-state index contributed by atoms with van der Waals surface area (Å²) in [5, 5.41) is 0. The van der Waals surface area contributed by atoms with Gasteiger partial charge in [-0.2, -0.15) is 0 Å². The Kier molecular flexibility index (Phi) is 3.23. The van der Waals surface area contributed by atoms with Gasteiger partial charge >= 0.3 is 5.97 Å². The van der Waals surface area contributed by atoms with Gasteiger partial charge in [0.1, 0.15) is 5.41 Å². The Morgan fingerprint density at radius 3 is 2.59 bits per heavy atom. The number of hydrogen-bond donors (Lipinski definition) is 0. The maximum atomic E-state index is 12.1. The summed E-state index contributed by atoms with van der Waals surface area (Å²) in [6.45, 7) is 2.87. The zero-order valence-electron chi connectivity index (χ0n) is 10.3. The molecule has 0 radical (unpaired) electrons. The van der Waals surface area contributed by atoms with Gasteiger partial charge in [-0.15, -0.1) is 0 Å². The Bertz CT molecular complexity index is 322. The van der Waals surface area contributed by atoms with E-state index in [1.165, 1.54) is 7.11 Å². The summed E-state index contributed by atoms with van der Waals surface area (Å²) in [5.74, 6) is -1.28. The summed E-state index contributed by atoms with van der Waals surface area (Å²) in [4.78, 5) is 24.0. The summed E-state index contributed by atoms with van der Waals surface area (Å²) in [7, 11) is 1.31. The first-order valence-corrected chi connectivity index (χ1v) is 5.98. The molecule has 2 aliphatic rings. The molecule has 0 aromatic rings. The van der Waals surface area contributed by atoms with E-state index < -0.39 is 17.2 Å². The number of esters is 1. The molecule has 1 saturated heterocycles. The molecule has 17 heavy (non-hydrogen) atoms. The van der Waals surface area contributed by atoms with E-state index in [0.29, 0.717) is 32.5 Å². The fourth-order valence-corrected chi connectivity index (χ4v) is 2.78. The summed E-state index contributed by atoms with van der Waals surface area (Å²) in [5.41, 5.74) is -1.09. The van der Waals surface area contributed by atoms with Crippen molar-refractivity contribution < 1.29 is 23.8 Å². The van der Waals surface area contributed by atoms with Crippen molar-refractivity contribution in [2.45, 2.75) is 38.4 Å². The van der Waals surface area contributed by atoms with Gasteiger partial charge in [0.05, 0.1) is 20.3 Å². The van der Waals surface area contributed by atoms with Crippen LogP contribution >= 0.6 is 0 Å². The first-order valence-electron chi connectivity index (χ1n) is 5.98. The van der Waals surface area contributed by atoms with Gasteiger partial charge in [0.15, 0.2) is 11.6 Å². The summed E-state index contributed by atoms with van der Waals surface area (Å²) in [6, 6.07) is 0. The average molecular weight is 242 g/mol. The third-order valence-corrected chi connectivity index (χ3v) is 3.83. The van der Waals surface area contributed by atoms with E-state index in [-0.39, 0.29) is 12.2 Å². The van der Waals surface area contributed by atoms with Gasteiger partial charge in [-0.25, -0.2) is 0 Å². The monoisotopic (exact) mass is 242 g/mol. The van der Waals surface area contributed by atoms with Crippen molar-refractivity contribution in [1.29, 1.82) is 0 Å². The van der Waals surface area contributed by atoms with E-state index in [1.807, 2.05) is 6.92 Å². The number of hydrogen-bond acceptors (Lipinski definition) is 5. The van der Waals surface area contributed by atoms with Crippen molar-refractivity contribution >= 4 is 11.8 Å². The highest BCUT2D eigenvalue weighted by Gasteiger charge is 2.56. The van der Waals surface area contributed by atoms with Crippen LogP contribution in [0.15, 0.2) is 0 Å². The largest absolute Gasteiger partial charge is 0.468 e. The molecule has 1 aliphatic heterocycles. The molecule has 0 N–H and O–H groups in total. The Morgan fingerprint density at radius 1 is 1.41 bits per heavy atom. The van der Waals surface area contributed by atoms with Crippen molar-refractivity contribution in [2.75, 3.05) is 20.3 Å². The van der Waals surface area contributed by atoms with E-state index in [1.54, 1.807) is 0 Å². The van der Waals surface area contributed by atoms with Crippen molar-refractivity contribution in [1.82, 2.24) is 0 Å². The van der Waals surface area contributed by atoms with Gasteiger partial charge in [0.2, 0.25) is 0 Å². The number of carbonyl (C=O) groups excluding carboxylic acids is 2. The molecule has 1 atom stereocenters. The van der Waals surface area contributed by atoms with Crippen molar-refractivity contribution in [2.24, 2.45) is 5.41 Å². The Morgan fingerprint density at radius 2 is 2.06 bits per heavy atom. The Hall–Kier alpha value is -0.940. The van der Waals surface area contributed by atoms with Gasteiger partial charge in [-0.3, -0.25) is 9.59 Å². The van der Waals surface area contributed by atoms with Crippen LogP contribution in [0.3, 0.4) is 0 Å². The molecule has 1 spiro atoms. The van der Waals surface area contributed by atoms with Crippen LogP contribution in [0.4, 0.5) is 0 Å². The lowest BCUT2D eigenvalue weighted by molar-refractivity contribution is -0.209. The molecule has 1 unspecified atom stereocenters. The number of methoxy groups -OCH3 is 1. The second kappa shape index (κ2) is 4.38. The van der Waals surface area contributed by atoms with Crippen LogP contribution in [0.5, 0.6) is 0 Å². The maximum Gasteiger partial charge on any atom is 0.319 e. The molecule has 0 amide bonds. The molecule has 5 nitrogen and oxygen atoms in total. The summed E-state index contributed by atoms with van der Waals surface area (Å²) >= 11 is 0. The molecule has 5 heteroatoms. The SMILES string of the molecule is CCC1(C(=O)OC)CC2(CCC1=O)OCCO2. The van der Waals surface area contributed by atoms with Crippen LogP contribution in [-0.4, -0.2) is 37.9 Å². The first-order chi connectivity index (χ1) is 8.08. The van der Waals surface area contributed by atoms with Crippen LogP contribution < -0.4 is 0 Å². The predicted molar refractivity (Wildman–Crippen MR) is 58.2 cm³/mol. The molecule has 2 rings (SSSR count). The van der Waals surface area contributed by atoms with Gasteiger partial charge < -0.3 is 14.2 Å². The Balaban J connectivity index is 2.29. The molecular formula is C12H18O5. The van der Waals surface area contributed by atoms with Crippen LogP contribution in [0.1, 0.15) is 32.6 Å². The minimum Gasteiger partial charge on any atom is -0.468 e. The van der Waals surface area contributed by atoms with E-state index >= 15 is 0 Å². The van der Waals surface area contributed by atoms with Crippen LogP contribution in [0.2, 0.25) is 0 Å². The number of Topliss-reactive ketones (excluding diaryl/α,β-unsaturated/α-hetero) is 1. The van der Waals surface area contributed by atoms with Crippen molar-refractivity contribution in [3.8, 4) is 0 Å². The predicted octanol–water partition coefficient (Wildman–Crippen LogP) is 1.05. The lowest BCUT2D eigenvalue weighted by atomic mass is 9.68. The number of rotatable bonds is 2. The fourth-order valence-electron chi connectivity index (χ4n) is 2.78. The zero-order valence-corrected chi connectivity index (χ0v) is 10.3. The second-order valence-electron chi connectivity index (χ2n) is 4.63. The molecule has 0 aromatic carbocycles. The fraction of sp³-hybridized carbons (Fsp3) is 0.833. The second-order valence-corrected chi connectivity index (χ2v) is 4.63. The van der Waals surface area contributed by atoms with Gasteiger partial charge in [-0.05, 0) is 6.42 Å². The van der Waals surface area contributed by atoms with E-state index in [4.69, 9.17) is 14.2 Å². The minimum atomic E-state index is -1.09. The third kappa shape index (κ3) is 1.87. The van der Waals surface area contributed by atoms with E-state index in [0.717, 1.165) is 0 Å². The Labute approximate surface area is 100 Å². The quantitative estimate of drug-likeness (QED) is 0.535. The van der Waals surface area contributed by atoms with Crippen molar-refractivity contribution in [3.05, 3.63) is 0 Å². The van der Waals surface area contributed by atoms with Gasteiger partial charge in [-0.1, -0.05) is 6.92 Å². The highest BCUT2D eigenvalue weighted by Crippen LogP contribution is 2.46. The third-order valence-electron chi connectivity index (χ3n) is 3.83. The zero-order chi connectivity index (χ0) is 12.5. The molecule has 96 valence electrons. The van der Waals surface area contributed by atoms with Crippen molar-refractivity contribution in [3.63, 3.8) is 0 Å². The maximum absolute atomic E-state index is 12.1. The topological polar surface area (TPSA) is 61.8 Å². The summed E-state index contributed by atoms with van der Waals surface area (Å²) in [6.07, 6.45) is 1.54. The molecule has 2 fully saturated rings. The van der Waals surface area contributed by atoms with Crippen LogP contribution in [0.25, 0.3) is 0 Å². The number of ether oxygens (including phenoxy) is 3. The van der Waals surface area contributed by atoms with E-state index in [9.17, 15) is 9.59 Å². The van der Waals surface area contributed by atoms with Crippen LogP contribution in [-0.2, 0) is 23.8 Å². The highest BCUT2D eigenvalue weighted by molar-refractivity contribution is 6.04. The molecule has 0 bridgehead atoms. The van der Waals surface area contributed by atoms with E-state index in [2.05, 4.69) is 0 Å². The molecular weight excluding hydrogens is 224 g/mol. The van der Waals surface area contributed by atoms with Gasteiger partial charge in [0, 0.05) is 19.3 Å². The standard InChI is InChI=1S/C12H18O5/c1-3-11(10(14)15-2)8-12(5-4-9(11)13)16-6-7-17-12/h3-8H2,1-2H3. The van der Waals surface area contributed by atoms with Crippen LogP contribution in [0, 0.1) is 5.41 Å². The molecule has 1 aliphatic carbocycles. The molecule has 1 heterocycles. The minimum absolute atomic E-state index is 0.0587.